The first kappa shape index (κ1) is 18.0. The van der Waals surface area contributed by atoms with Gasteiger partial charge in [-0.2, -0.15) is 0 Å². The van der Waals surface area contributed by atoms with E-state index in [1.807, 2.05) is 0 Å². The summed E-state index contributed by atoms with van der Waals surface area (Å²) >= 11 is 0. The van der Waals surface area contributed by atoms with E-state index in [2.05, 4.69) is 14.8 Å². The zero-order valence-corrected chi connectivity index (χ0v) is 12.0. The van der Waals surface area contributed by atoms with E-state index in [1.54, 1.807) is 0 Å². The predicted octanol–water partition coefficient (Wildman–Crippen LogP) is 3.35. The Morgan fingerprint density at radius 2 is 2.05 bits per heavy atom. The molecule has 0 heterocycles. The lowest BCUT2D eigenvalue weighted by Crippen LogP contribution is -2.20. The second kappa shape index (κ2) is 7.79. The molecule has 0 aliphatic heterocycles. The van der Waals surface area contributed by atoms with Crippen molar-refractivity contribution in [3.63, 3.8) is 0 Å². The largest absolute Gasteiger partial charge is 0.522 e. The van der Waals surface area contributed by atoms with Crippen LogP contribution in [0.2, 0.25) is 0 Å². The van der Waals surface area contributed by atoms with Gasteiger partial charge in [0.1, 0.15) is 5.82 Å². The highest BCUT2D eigenvalue weighted by Gasteiger charge is 2.28. The second-order valence-corrected chi connectivity index (χ2v) is 4.08. The Kier molecular flexibility index (Phi) is 6.36. The number of allylic oxidation sites excluding steroid dienone is 1. The molecule has 1 aromatic rings. The molecule has 0 saturated carbocycles. The van der Waals surface area contributed by atoms with Crippen molar-refractivity contribution in [2.75, 3.05) is 25.6 Å². The summed E-state index contributed by atoms with van der Waals surface area (Å²) in [7, 11) is 1.15. The van der Waals surface area contributed by atoms with E-state index < -0.39 is 24.8 Å². The Labute approximate surface area is 124 Å². The number of esters is 1. The highest BCUT2D eigenvalue weighted by molar-refractivity contribution is 6.18. The summed E-state index contributed by atoms with van der Waals surface area (Å²) in [5.41, 5.74) is 0.0768. The van der Waals surface area contributed by atoms with E-state index in [4.69, 9.17) is 0 Å². The zero-order chi connectivity index (χ0) is 16.8. The van der Waals surface area contributed by atoms with Crippen LogP contribution < -0.4 is 5.32 Å². The van der Waals surface area contributed by atoms with E-state index in [1.165, 1.54) is 25.1 Å². The third kappa shape index (κ3) is 5.03. The van der Waals surface area contributed by atoms with E-state index >= 15 is 0 Å². The highest BCUT2D eigenvalue weighted by atomic mass is 19.4. The second-order valence-electron chi connectivity index (χ2n) is 4.08. The van der Waals surface area contributed by atoms with E-state index in [-0.39, 0.29) is 23.4 Å². The number of methoxy groups -OCH3 is 1. The summed E-state index contributed by atoms with van der Waals surface area (Å²) in [5, 5.41) is 2.61. The van der Waals surface area contributed by atoms with Crippen molar-refractivity contribution in [1.29, 1.82) is 0 Å². The van der Waals surface area contributed by atoms with Crippen molar-refractivity contribution in [3.05, 3.63) is 35.7 Å². The minimum atomic E-state index is -4.73. The van der Waals surface area contributed by atoms with Crippen molar-refractivity contribution in [2.24, 2.45) is 0 Å². The number of alkyl halides is 3. The standard InChI is InChI=1S/C14H15F4NO3/c1-3-9(13(20)21-2)12-10(15)5-4-6-11(12)19-7-8-22-14(16,17)18/h3-6,19H,7-8H2,1-2H3/b9-3+. The van der Waals surface area contributed by atoms with Crippen LogP contribution in [0.25, 0.3) is 5.57 Å². The van der Waals surface area contributed by atoms with Gasteiger partial charge in [0.05, 0.1) is 19.3 Å². The molecule has 0 aliphatic rings. The number of anilines is 1. The maximum absolute atomic E-state index is 14.0. The Hall–Kier alpha value is -2.09. The molecule has 0 aliphatic carbocycles. The van der Waals surface area contributed by atoms with Crippen LogP contribution in [0, 0.1) is 5.82 Å². The van der Waals surface area contributed by atoms with Crippen molar-refractivity contribution in [3.8, 4) is 0 Å². The Bertz CT molecular complexity index is 556. The van der Waals surface area contributed by atoms with Gasteiger partial charge in [-0.15, -0.1) is 13.2 Å². The minimum Gasteiger partial charge on any atom is -0.465 e. The van der Waals surface area contributed by atoms with Gasteiger partial charge in [-0.1, -0.05) is 12.1 Å². The molecule has 0 aromatic heterocycles. The fourth-order valence-corrected chi connectivity index (χ4v) is 1.77. The first-order valence-corrected chi connectivity index (χ1v) is 6.28. The maximum Gasteiger partial charge on any atom is 0.522 e. The molecule has 1 aromatic carbocycles. The average molecular weight is 321 g/mol. The van der Waals surface area contributed by atoms with Crippen molar-refractivity contribution < 1.29 is 31.8 Å². The van der Waals surface area contributed by atoms with Gasteiger partial charge in [-0.3, -0.25) is 4.74 Å². The molecule has 0 amide bonds. The molecule has 8 heteroatoms. The molecule has 122 valence electrons. The van der Waals surface area contributed by atoms with Crippen molar-refractivity contribution in [2.45, 2.75) is 13.3 Å². The number of hydrogen-bond donors (Lipinski definition) is 1. The van der Waals surface area contributed by atoms with Gasteiger partial charge in [-0.25, -0.2) is 9.18 Å². The first-order chi connectivity index (χ1) is 10.3. The molecule has 0 radical (unpaired) electrons. The van der Waals surface area contributed by atoms with Gasteiger partial charge in [-0.05, 0) is 19.1 Å². The van der Waals surface area contributed by atoms with Crippen LogP contribution in [-0.4, -0.2) is 32.6 Å². The van der Waals surface area contributed by atoms with Crippen molar-refractivity contribution >= 4 is 17.2 Å². The van der Waals surface area contributed by atoms with Crippen LogP contribution in [0.5, 0.6) is 0 Å². The lowest BCUT2D eigenvalue weighted by Gasteiger charge is -2.15. The van der Waals surface area contributed by atoms with E-state index in [9.17, 15) is 22.4 Å². The summed E-state index contributed by atoms with van der Waals surface area (Å²) in [6.45, 7) is 0.659. The van der Waals surface area contributed by atoms with Gasteiger partial charge in [0.25, 0.3) is 0 Å². The summed E-state index contributed by atoms with van der Waals surface area (Å²) in [4.78, 5) is 11.7. The number of halogens is 4. The topological polar surface area (TPSA) is 47.6 Å². The van der Waals surface area contributed by atoms with Crippen LogP contribution in [0.4, 0.5) is 23.2 Å². The third-order valence-corrected chi connectivity index (χ3v) is 2.66. The molecule has 1 rings (SSSR count). The Balaban J connectivity index is 2.92. The summed E-state index contributed by atoms with van der Waals surface area (Å²) in [6.07, 6.45) is -3.37. The van der Waals surface area contributed by atoms with E-state index in [0.29, 0.717) is 0 Å². The fraction of sp³-hybridized carbons (Fsp3) is 0.357. The zero-order valence-electron chi connectivity index (χ0n) is 12.0. The lowest BCUT2D eigenvalue weighted by molar-refractivity contribution is -0.322. The normalized spacial score (nSPS) is 12.2. The van der Waals surface area contributed by atoms with Gasteiger partial charge in [0.15, 0.2) is 0 Å². The van der Waals surface area contributed by atoms with Gasteiger partial charge >= 0.3 is 12.3 Å². The molecular weight excluding hydrogens is 306 g/mol. The monoisotopic (exact) mass is 321 g/mol. The van der Waals surface area contributed by atoms with Crippen molar-refractivity contribution in [1.82, 2.24) is 0 Å². The van der Waals surface area contributed by atoms with Gasteiger partial charge in [0.2, 0.25) is 0 Å². The number of carbonyl (C=O) groups excluding carboxylic acids is 1. The predicted molar refractivity (Wildman–Crippen MR) is 72.6 cm³/mol. The third-order valence-electron chi connectivity index (χ3n) is 2.66. The number of benzene rings is 1. The van der Waals surface area contributed by atoms with Crippen LogP contribution in [0.1, 0.15) is 12.5 Å². The first-order valence-electron chi connectivity index (χ1n) is 6.28. The molecule has 22 heavy (non-hydrogen) atoms. The molecule has 0 atom stereocenters. The minimum absolute atomic E-state index is 0.0279. The summed E-state index contributed by atoms with van der Waals surface area (Å²) in [5.74, 6) is -1.44. The quantitative estimate of drug-likeness (QED) is 0.378. The average Bonchev–Trinajstić information content (AvgIpc) is 2.45. The maximum atomic E-state index is 14.0. The number of ether oxygens (including phenoxy) is 2. The number of rotatable bonds is 6. The molecule has 0 bridgehead atoms. The SMILES string of the molecule is C/C=C(/C(=O)OC)c1c(F)cccc1NCCOC(F)(F)F. The lowest BCUT2D eigenvalue weighted by atomic mass is 10.0. The van der Waals surface area contributed by atoms with Crippen LogP contribution >= 0.6 is 0 Å². The molecule has 0 unspecified atom stereocenters. The van der Waals surface area contributed by atoms with Crippen LogP contribution in [0.3, 0.4) is 0 Å². The molecule has 1 N–H and O–H groups in total. The number of hydrogen-bond acceptors (Lipinski definition) is 4. The van der Waals surface area contributed by atoms with Crippen LogP contribution in [-0.2, 0) is 14.3 Å². The fourth-order valence-electron chi connectivity index (χ4n) is 1.77. The number of nitrogens with one attached hydrogen (secondary N) is 1. The molecule has 0 spiro atoms. The summed E-state index contributed by atoms with van der Waals surface area (Å²) in [6, 6.07) is 3.95. The van der Waals surface area contributed by atoms with E-state index in [0.717, 1.165) is 13.2 Å². The van der Waals surface area contributed by atoms with Crippen LogP contribution in [0.15, 0.2) is 24.3 Å². The number of carbonyl (C=O) groups is 1. The van der Waals surface area contributed by atoms with Gasteiger partial charge in [0, 0.05) is 17.8 Å². The molecule has 4 nitrogen and oxygen atoms in total. The Morgan fingerprint density at radius 3 is 2.59 bits per heavy atom. The summed E-state index contributed by atoms with van der Waals surface area (Å²) < 4.78 is 57.8. The highest BCUT2D eigenvalue weighted by Crippen LogP contribution is 2.28. The molecule has 0 saturated heterocycles. The Morgan fingerprint density at radius 1 is 1.36 bits per heavy atom. The molecule has 0 fully saturated rings. The molecular formula is C14H15F4NO3. The van der Waals surface area contributed by atoms with Gasteiger partial charge < -0.3 is 10.1 Å². The smallest absolute Gasteiger partial charge is 0.465 e.